The Kier molecular flexibility index (Phi) is 4.82. The van der Waals surface area contributed by atoms with E-state index in [1.165, 1.54) is 16.7 Å². The third-order valence-corrected chi connectivity index (χ3v) is 5.29. The molecule has 2 aromatic rings. The quantitative estimate of drug-likeness (QED) is 0.757. The molecule has 2 amide bonds. The number of benzene rings is 2. The van der Waals surface area contributed by atoms with Gasteiger partial charge in [0, 0.05) is 10.9 Å². The van der Waals surface area contributed by atoms with Crippen molar-refractivity contribution < 1.29 is 9.59 Å². The molecule has 0 aliphatic carbocycles. The Bertz CT molecular complexity index is 869. The highest BCUT2D eigenvalue weighted by atomic mass is 32.2. The van der Waals surface area contributed by atoms with E-state index in [1.54, 1.807) is 0 Å². The first-order chi connectivity index (χ1) is 11.9. The Hall–Kier alpha value is -2.33. The van der Waals surface area contributed by atoms with E-state index in [1.807, 2.05) is 76.2 Å². The zero-order chi connectivity index (χ0) is 18.1. The molecule has 1 aliphatic rings. The number of hydrogen-bond acceptors (Lipinski definition) is 3. The average Bonchev–Trinajstić information content (AvgIpc) is 2.79. The van der Waals surface area contributed by atoms with Gasteiger partial charge >= 0.3 is 0 Å². The minimum atomic E-state index is -0.205. The maximum absolute atomic E-state index is 13.0. The van der Waals surface area contributed by atoms with Crippen LogP contribution in [0.25, 0.3) is 5.57 Å². The lowest BCUT2D eigenvalue weighted by Crippen LogP contribution is -2.37. The van der Waals surface area contributed by atoms with E-state index in [0.717, 1.165) is 21.6 Å². The van der Waals surface area contributed by atoms with E-state index in [0.29, 0.717) is 10.5 Å². The number of carbonyl (C=O) groups is 2. The van der Waals surface area contributed by atoms with E-state index >= 15 is 0 Å². The lowest BCUT2D eigenvalue weighted by atomic mass is 9.98. The number of nitrogens with zero attached hydrogens (tertiary/aromatic N) is 1. The Morgan fingerprint density at radius 2 is 1.60 bits per heavy atom. The third-order valence-electron chi connectivity index (χ3n) is 4.20. The van der Waals surface area contributed by atoms with Gasteiger partial charge in [-0.05, 0) is 51.0 Å². The predicted molar refractivity (Wildman–Crippen MR) is 102 cm³/mol. The molecular formula is C21H21NO2S. The molecule has 4 heteroatoms. The van der Waals surface area contributed by atoms with Gasteiger partial charge in [0.25, 0.3) is 11.8 Å². The first kappa shape index (κ1) is 17.5. The van der Waals surface area contributed by atoms with Gasteiger partial charge < -0.3 is 0 Å². The fourth-order valence-corrected chi connectivity index (χ4v) is 4.04. The number of imide groups is 1. The summed E-state index contributed by atoms with van der Waals surface area (Å²) in [5.41, 5.74) is 3.50. The fraction of sp³-hybridized carbons (Fsp3) is 0.238. The zero-order valence-electron chi connectivity index (χ0n) is 14.9. The highest BCUT2D eigenvalue weighted by Gasteiger charge is 2.41. The number of hydrogen-bond donors (Lipinski definition) is 0. The molecule has 0 unspecified atom stereocenters. The Balaban J connectivity index is 2.15. The summed E-state index contributed by atoms with van der Waals surface area (Å²) in [5.74, 6) is -0.408. The van der Waals surface area contributed by atoms with Crippen molar-refractivity contribution >= 4 is 29.1 Å². The van der Waals surface area contributed by atoms with Crippen LogP contribution in [0.4, 0.5) is 0 Å². The highest BCUT2D eigenvalue weighted by Crippen LogP contribution is 2.41. The van der Waals surface area contributed by atoms with Crippen molar-refractivity contribution in [2.45, 2.75) is 38.6 Å². The molecule has 3 rings (SSSR count). The van der Waals surface area contributed by atoms with Crippen LogP contribution in [0.3, 0.4) is 0 Å². The lowest BCUT2D eigenvalue weighted by Gasteiger charge is -2.19. The molecule has 1 heterocycles. The molecule has 0 saturated heterocycles. The zero-order valence-corrected chi connectivity index (χ0v) is 15.7. The van der Waals surface area contributed by atoms with Crippen molar-refractivity contribution in [3.8, 4) is 0 Å². The molecule has 0 saturated carbocycles. The molecule has 0 fully saturated rings. The van der Waals surface area contributed by atoms with Crippen LogP contribution in [0.1, 0.15) is 30.5 Å². The second-order valence-corrected chi connectivity index (χ2v) is 7.60. The van der Waals surface area contributed by atoms with Crippen molar-refractivity contribution in [3.63, 3.8) is 0 Å². The molecule has 0 bridgehead atoms. The van der Waals surface area contributed by atoms with Crippen LogP contribution < -0.4 is 0 Å². The van der Waals surface area contributed by atoms with Gasteiger partial charge in [-0.25, -0.2) is 0 Å². The SMILES string of the molecule is Cc1ccc(C2=C(Sc3ccccc3)C(=O)N(C(C)C)C2=O)c(C)c1. The molecule has 1 aliphatic heterocycles. The molecule has 2 aromatic carbocycles. The van der Waals surface area contributed by atoms with E-state index < -0.39 is 0 Å². The fourth-order valence-electron chi connectivity index (χ4n) is 3.03. The van der Waals surface area contributed by atoms with Gasteiger partial charge in [-0.1, -0.05) is 53.7 Å². The summed E-state index contributed by atoms with van der Waals surface area (Å²) in [6.45, 7) is 7.74. The smallest absolute Gasteiger partial charge is 0.268 e. The van der Waals surface area contributed by atoms with Gasteiger partial charge in [0.1, 0.15) is 0 Å². The van der Waals surface area contributed by atoms with Gasteiger partial charge in [0.05, 0.1) is 10.5 Å². The predicted octanol–water partition coefficient (Wildman–Crippen LogP) is 4.58. The summed E-state index contributed by atoms with van der Waals surface area (Å²) >= 11 is 1.37. The molecule has 0 spiro atoms. The van der Waals surface area contributed by atoms with Crippen molar-refractivity contribution in [2.75, 3.05) is 0 Å². The Morgan fingerprint density at radius 3 is 2.20 bits per heavy atom. The van der Waals surface area contributed by atoms with Gasteiger partial charge in [0.15, 0.2) is 0 Å². The van der Waals surface area contributed by atoms with Crippen molar-refractivity contribution in [1.82, 2.24) is 4.90 Å². The van der Waals surface area contributed by atoms with E-state index in [9.17, 15) is 9.59 Å². The first-order valence-corrected chi connectivity index (χ1v) is 9.14. The molecule has 0 N–H and O–H groups in total. The minimum absolute atomic E-state index is 0.172. The highest BCUT2D eigenvalue weighted by molar-refractivity contribution is 8.04. The molecular weight excluding hydrogens is 330 g/mol. The van der Waals surface area contributed by atoms with Gasteiger partial charge in [-0.15, -0.1) is 0 Å². The minimum Gasteiger partial charge on any atom is -0.271 e. The number of carbonyl (C=O) groups excluding carboxylic acids is 2. The van der Waals surface area contributed by atoms with Gasteiger partial charge in [-0.3, -0.25) is 14.5 Å². The lowest BCUT2D eigenvalue weighted by molar-refractivity contribution is -0.138. The maximum Gasteiger partial charge on any atom is 0.268 e. The Morgan fingerprint density at radius 1 is 0.920 bits per heavy atom. The average molecular weight is 351 g/mol. The van der Waals surface area contributed by atoms with Crippen LogP contribution >= 0.6 is 11.8 Å². The standard InChI is InChI=1S/C21H21NO2S/c1-13(2)22-20(23)18(17-11-10-14(3)12-15(17)4)19(21(22)24)25-16-8-6-5-7-9-16/h5-13H,1-4H3. The van der Waals surface area contributed by atoms with E-state index in [2.05, 4.69) is 0 Å². The van der Waals surface area contributed by atoms with Crippen LogP contribution in [-0.4, -0.2) is 22.8 Å². The Labute approximate surface area is 152 Å². The van der Waals surface area contributed by atoms with Crippen molar-refractivity contribution in [3.05, 3.63) is 70.1 Å². The number of aryl methyl sites for hydroxylation is 2. The summed E-state index contributed by atoms with van der Waals surface area (Å²) in [7, 11) is 0. The van der Waals surface area contributed by atoms with Crippen molar-refractivity contribution in [2.24, 2.45) is 0 Å². The summed E-state index contributed by atoms with van der Waals surface area (Å²) in [5, 5.41) is 0. The summed E-state index contributed by atoms with van der Waals surface area (Å²) in [4.78, 5) is 28.8. The van der Waals surface area contributed by atoms with Gasteiger partial charge in [0.2, 0.25) is 0 Å². The number of thioether (sulfide) groups is 1. The van der Waals surface area contributed by atoms with Crippen LogP contribution in [0.15, 0.2) is 58.3 Å². The summed E-state index contributed by atoms with van der Waals surface area (Å²) in [6.07, 6.45) is 0. The molecule has 3 nitrogen and oxygen atoms in total. The third kappa shape index (κ3) is 3.27. The number of amides is 2. The summed E-state index contributed by atoms with van der Waals surface area (Å²) in [6, 6.07) is 15.5. The second-order valence-electron chi connectivity index (χ2n) is 6.51. The van der Waals surface area contributed by atoms with Crippen LogP contribution in [0, 0.1) is 13.8 Å². The monoisotopic (exact) mass is 351 g/mol. The van der Waals surface area contributed by atoms with Crippen molar-refractivity contribution in [1.29, 1.82) is 0 Å². The number of rotatable bonds is 4. The normalized spacial score (nSPS) is 14.8. The van der Waals surface area contributed by atoms with E-state index in [-0.39, 0.29) is 17.9 Å². The first-order valence-electron chi connectivity index (χ1n) is 8.33. The molecule has 25 heavy (non-hydrogen) atoms. The maximum atomic E-state index is 13.0. The van der Waals surface area contributed by atoms with Crippen LogP contribution in [0.5, 0.6) is 0 Å². The molecule has 0 atom stereocenters. The largest absolute Gasteiger partial charge is 0.271 e. The van der Waals surface area contributed by atoms with Crippen LogP contribution in [-0.2, 0) is 9.59 Å². The topological polar surface area (TPSA) is 37.4 Å². The molecule has 128 valence electrons. The van der Waals surface area contributed by atoms with Crippen LogP contribution in [0.2, 0.25) is 0 Å². The molecule has 0 radical (unpaired) electrons. The molecule has 0 aromatic heterocycles. The summed E-state index contributed by atoms with van der Waals surface area (Å²) < 4.78 is 0. The van der Waals surface area contributed by atoms with E-state index in [4.69, 9.17) is 0 Å². The van der Waals surface area contributed by atoms with Gasteiger partial charge in [-0.2, -0.15) is 0 Å². The second kappa shape index (κ2) is 6.89.